The molecule has 22 heavy (non-hydrogen) atoms. The van der Waals surface area contributed by atoms with Gasteiger partial charge in [-0.25, -0.2) is 8.42 Å². The van der Waals surface area contributed by atoms with Crippen LogP contribution < -0.4 is 10.0 Å². The topological polar surface area (TPSA) is 88.2 Å². The standard InChI is InChI=1S/C15H17N3O3S/c1-11-13(6-3-7-14(11)18-22(2,20)21)15(19)17-10-12-5-4-8-16-9-12/h3-9,18H,10H2,1-2H3,(H,17,19). The molecule has 7 heteroatoms. The van der Waals surface area contributed by atoms with Gasteiger partial charge in [-0.2, -0.15) is 0 Å². The van der Waals surface area contributed by atoms with Crippen LogP contribution in [0.5, 0.6) is 0 Å². The Morgan fingerprint density at radius 3 is 2.64 bits per heavy atom. The zero-order valence-electron chi connectivity index (χ0n) is 12.3. The summed E-state index contributed by atoms with van der Waals surface area (Å²) in [5.41, 5.74) is 2.30. The smallest absolute Gasteiger partial charge is 0.251 e. The van der Waals surface area contributed by atoms with Gasteiger partial charge in [0.25, 0.3) is 5.91 Å². The Morgan fingerprint density at radius 1 is 1.23 bits per heavy atom. The lowest BCUT2D eigenvalue weighted by Crippen LogP contribution is -2.24. The molecule has 116 valence electrons. The molecule has 0 saturated carbocycles. The average molecular weight is 319 g/mol. The summed E-state index contributed by atoms with van der Waals surface area (Å²) < 4.78 is 25.1. The summed E-state index contributed by atoms with van der Waals surface area (Å²) in [4.78, 5) is 16.2. The molecule has 6 nitrogen and oxygen atoms in total. The number of pyridine rings is 1. The lowest BCUT2D eigenvalue weighted by atomic mass is 10.1. The first-order chi connectivity index (χ1) is 10.4. The number of hydrogen-bond donors (Lipinski definition) is 2. The van der Waals surface area contributed by atoms with Gasteiger partial charge >= 0.3 is 0 Å². The van der Waals surface area contributed by atoms with Crippen molar-refractivity contribution in [2.45, 2.75) is 13.5 Å². The number of rotatable bonds is 5. The summed E-state index contributed by atoms with van der Waals surface area (Å²) in [7, 11) is -3.39. The van der Waals surface area contributed by atoms with Crippen molar-refractivity contribution in [3.63, 3.8) is 0 Å². The molecule has 0 unspecified atom stereocenters. The van der Waals surface area contributed by atoms with E-state index in [2.05, 4.69) is 15.0 Å². The van der Waals surface area contributed by atoms with Crippen LogP contribution in [0.1, 0.15) is 21.5 Å². The molecule has 0 aliphatic heterocycles. The molecular formula is C15H17N3O3S. The molecule has 0 aliphatic rings. The van der Waals surface area contributed by atoms with Crippen molar-refractivity contribution in [2.75, 3.05) is 11.0 Å². The quantitative estimate of drug-likeness (QED) is 0.878. The average Bonchev–Trinajstić information content (AvgIpc) is 2.47. The molecule has 0 saturated heterocycles. The normalized spacial score (nSPS) is 11.0. The van der Waals surface area contributed by atoms with Crippen LogP contribution in [-0.4, -0.2) is 25.6 Å². The van der Waals surface area contributed by atoms with Gasteiger partial charge in [-0.05, 0) is 36.2 Å². The van der Waals surface area contributed by atoms with Crippen LogP contribution in [0.15, 0.2) is 42.7 Å². The lowest BCUT2D eigenvalue weighted by molar-refractivity contribution is 0.0950. The zero-order valence-corrected chi connectivity index (χ0v) is 13.1. The maximum Gasteiger partial charge on any atom is 0.251 e. The summed E-state index contributed by atoms with van der Waals surface area (Å²) in [6.07, 6.45) is 4.41. The van der Waals surface area contributed by atoms with Crippen LogP contribution in [0, 0.1) is 6.92 Å². The molecule has 0 bridgehead atoms. The van der Waals surface area contributed by atoms with E-state index in [9.17, 15) is 13.2 Å². The maximum atomic E-state index is 12.2. The van der Waals surface area contributed by atoms with Gasteiger partial charge in [0.1, 0.15) is 0 Å². The van der Waals surface area contributed by atoms with Gasteiger partial charge in [-0.1, -0.05) is 12.1 Å². The summed E-state index contributed by atoms with van der Waals surface area (Å²) in [6, 6.07) is 8.57. The van der Waals surface area contributed by atoms with Crippen LogP contribution in [-0.2, 0) is 16.6 Å². The molecule has 0 spiro atoms. The fourth-order valence-corrected chi connectivity index (χ4v) is 2.59. The Bertz CT molecular complexity index is 774. The van der Waals surface area contributed by atoms with Crippen molar-refractivity contribution in [1.82, 2.24) is 10.3 Å². The fourth-order valence-electron chi connectivity index (χ4n) is 1.97. The van der Waals surface area contributed by atoms with Gasteiger partial charge in [-0.3, -0.25) is 14.5 Å². The van der Waals surface area contributed by atoms with E-state index in [0.717, 1.165) is 11.8 Å². The highest BCUT2D eigenvalue weighted by atomic mass is 32.2. The van der Waals surface area contributed by atoms with Gasteiger partial charge in [0, 0.05) is 24.5 Å². The first-order valence-corrected chi connectivity index (χ1v) is 8.50. The minimum atomic E-state index is -3.39. The van der Waals surface area contributed by atoms with Crippen LogP contribution in [0.25, 0.3) is 0 Å². The fraction of sp³-hybridized carbons (Fsp3) is 0.200. The van der Waals surface area contributed by atoms with E-state index < -0.39 is 10.0 Å². The van der Waals surface area contributed by atoms with Crippen LogP contribution in [0.2, 0.25) is 0 Å². The summed E-state index contributed by atoms with van der Waals surface area (Å²) in [5, 5.41) is 2.79. The second kappa shape index (κ2) is 6.57. The summed E-state index contributed by atoms with van der Waals surface area (Å²) >= 11 is 0. The molecular weight excluding hydrogens is 302 g/mol. The molecule has 1 aromatic carbocycles. The highest BCUT2D eigenvalue weighted by Crippen LogP contribution is 2.20. The van der Waals surface area contributed by atoms with E-state index >= 15 is 0 Å². The molecule has 0 fully saturated rings. The van der Waals surface area contributed by atoms with Crippen molar-refractivity contribution in [2.24, 2.45) is 0 Å². The van der Waals surface area contributed by atoms with Gasteiger partial charge in [0.15, 0.2) is 0 Å². The van der Waals surface area contributed by atoms with E-state index in [1.165, 1.54) is 0 Å². The number of nitrogens with zero attached hydrogens (tertiary/aromatic N) is 1. The van der Waals surface area contributed by atoms with Crippen molar-refractivity contribution in [1.29, 1.82) is 0 Å². The van der Waals surface area contributed by atoms with Gasteiger partial charge in [0.05, 0.1) is 11.9 Å². The zero-order chi connectivity index (χ0) is 16.2. The van der Waals surface area contributed by atoms with E-state index in [0.29, 0.717) is 23.4 Å². The molecule has 2 rings (SSSR count). The van der Waals surface area contributed by atoms with Gasteiger partial charge in [-0.15, -0.1) is 0 Å². The minimum Gasteiger partial charge on any atom is -0.348 e. The third kappa shape index (κ3) is 4.29. The Hall–Kier alpha value is -2.41. The highest BCUT2D eigenvalue weighted by molar-refractivity contribution is 7.92. The molecule has 0 aliphatic carbocycles. The van der Waals surface area contributed by atoms with Gasteiger partial charge in [0.2, 0.25) is 10.0 Å². The van der Waals surface area contributed by atoms with Crippen LogP contribution >= 0.6 is 0 Å². The Morgan fingerprint density at radius 2 is 2.00 bits per heavy atom. The first-order valence-electron chi connectivity index (χ1n) is 6.61. The molecule has 0 atom stereocenters. The van der Waals surface area contributed by atoms with Crippen molar-refractivity contribution < 1.29 is 13.2 Å². The highest BCUT2D eigenvalue weighted by Gasteiger charge is 2.13. The van der Waals surface area contributed by atoms with Crippen molar-refractivity contribution >= 4 is 21.6 Å². The number of benzene rings is 1. The molecule has 0 radical (unpaired) electrons. The van der Waals surface area contributed by atoms with E-state index in [1.54, 1.807) is 43.6 Å². The minimum absolute atomic E-state index is 0.265. The third-order valence-corrected chi connectivity index (χ3v) is 3.64. The number of carbonyl (C=O) groups excluding carboxylic acids is 1. The monoisotopic (exact) mass is 319 g/mol. The second-order valence-electron chi connectivity index (χ2n) is 4.90. The first kappa shape index (κ1) is 16.0. The second-order valence-corrected chi connectivity index (χ2v) is 6.64. The molecule has 1 amide bonds. The van der Waals surface area contributed by atoms with E-state index in [4.69, 9.17) is 0 Å². The SMILES string of the molecule is Cc1c(NS(C)(=O)=O)cccc1C(=O)NCc1cccnc1. The number of sulfonamides is 1. The molecule has 1 heterocycles. The molecule has 2 aromatic rings. The number of anilines is 1. The van der Waals surface area contributed by atoms with E-state index in [1.807, 2.05) is 6.07 Å². The predicted octanol–water partition coefficient (Wildman–Crippen LogP) is 1.69. The molecule has 1 aromatic heterocycles. The van der Waals surface area contributed by atoms with Crippen LogP contribution in [0.4, 0.5) is 5.69 Å². The Balaban J connectivity index is 2.14. The number of amides is 1. The van der Waals surface area contributed by atoms with Crippen molar-refractivity contribution in [3.8, 4) is 0 Å². The summed E-state index contributed by atoms with van der Waals surface area (Å²) in [5.74, 6) is -0.265. The number of nitrogens with one attached hydrogen (secondary N) is 2. The lowest BCUT2D eigenvalue weighted by Gasteiger charge is -2.12. The number of aromatic nitrogens is 1. The summed E-state index contributed by atoms with van der Waals surface area (Å²) in [6.45, 7) is 2.06. The number of hydrogen-bond acceptors (Lipinski definition) is 4. The maximum absolute atomic E-state index is 12.2. The largest absolute Gasteiger partial charge is 0.348 e. The van der Waals surface area contributed by atoms with Gasteiger partial charge < -0.3 is 5.32 Å². The predicted molar refractivity (Wildman–Crippen MR) is 85.1 cm³/mol. The van der Waals surface area contributed by atoms with Crippen molar-refractivity contribution in [3.05, 3.63) is 59.4 Å². The number of carbonyl (C=O) groups is 1. The Labute approximate surface area is 129 Å². The molecule has 2 N–H and O–H groups in total. The van der Waals surface area contributed by atoms with Crippen LogP contribution in [0.3, 0.4) is 0 Å². The Kier molecular flexibility index (Phi) is 4.77. The van der Waals surface area contributed by atoms with E-state index in [-0.39, 0.29) is 5.91 Å². The third-order valence-electron chi connectivity index (χ3n) is 3.05.